The zero-order valence-corrected chi connectivity index (χ0v) is 11.3. The fourth-order valence-electron chi connectivity index (χ4n) is 1.79. The Kier molecular flexibility index (Phi) is 4.84. The first kappa shape index (κ1) is 13.2. The third-order valence-electron chi connectivity index (χ3n) is 2.75. The van der Waals surface area contributed by atoms with Crippen LogP contribution in [0.4, 0.5) is 4.39 Å². The Bertz CT molecular complexity index is 496. The van der Waals surface area contributed by atoms with E-state index in [1.165, 1.54) is 10.9 Å². The molecule has 1 aromatic carbocycles. The summed E-state index contributed by atoms with van der Waals surface area (Å²) in [5.41, 5.74) is 0.716. The molecule has 18 heavy (non-hydrogen) atoms. The monoisotopic (exact) mass is 264 g/mol. The summed E-state index contributed by atoms with van der Waals surface area (Å²) in [5, 5.41) is 4.11. The minimum Gasteiger partial charge on any atom is -0.320 e. The summed E-state index contributed by atoms with van der Waals surface area (Å²) in [5.74, 6) is -0.149. The van der Waals surface area contributed by atoms with E-state index in [0.29, 0.717) is 12.0 Å². The third-order valence-corrected chi connectivity index (χ3v) is 3.81. The van der Waals surface area contributed by atoms with Crippen LogP contribution in [0.5, 0.6) is 0 Å². The molecule has 96 valence electrons. The fourth-order valence-corrected chi connectivity index (χ4v) is 2.78. The lowest BCUT2D eigenvalue weighted by Gasteiger charge is -1.99. The number of rotatable bonds is 6. The van der Waals surface area contributed by atoms with Crippen molar-refractivity contribution in [1.29, 1.82) is 0 Å². The van der Waals surface area contributed by atoms with E-state index in [-0.39, 0.29) is 5.82 Å². The number of aromatic nitrogens is 1. The van der Waals surface area contributed by atoms with Gasteiger partial charge in [0.1, 0.15) is 5.82 Å². The molecule has 4 heteroatoms. The molecule has 2 nitrogen and oxygen atoms in total. The molecular formula is C14H17FN2S. The Balaban J connectivity index is 1.96. The smallest absolute Gasteiger partial charge is 0.126 e. The molecule has 2 rings (SSSR count). The van der Waals surface area contributed by atoms with Crippen LogP contribution in [0.25, 0.3) is 0 Å². The number of aryl methyl sites for hydroxylation is 1. The first-order chi connectivity index (χ1) is 8.79. The number of thiazole rings is 1. The second-order valence-electron chi connectivity index (χ2n) is 4.20. The Hall–Kier alpha value is -1.26. The quantitative estimate of drug-likeness (QED) is 0.811. The normalized spacial score (nSPS) is 10.8. The van der Waals surface area contributed by atoms with Crippen molar-refractivity contribution < 1.29 is 4.39 Å². The molecule has 0 aliphatic carbocycles. The van der Waals surface area contributed by atoms with Crippen molar-refractivity contribution in [2.24, 2.45) is 0 Å². The molecule has 0 aliphatic heterocycles. The summed E-state index contributed by atoms with van der Waals surface area (Å²) in [7, 11) is 1.95. The van der Waals surface area contributed by atoms with Crippen LogP contribution in [0.1, 0.15) is 21.9 Å². The molecular weight excluding hydrogens is 247 g/mol. The van der Waals surface area contributed by atoms with Gasteiger partial charge in [0.25, 0.3) is 0 Å². The van der Waals surface area contributed by atoms with Crippen LogP contribution in [0.15, 0.2) is 30.5 Å². The number of hydrogen-bond donors (Lipinski definition) is 1. The molecule has 1 heterocycles. The van der Waals surface area contributed by atoms with Gasteiger partial charge >= 0.3 is 0 Å². The van der Waals surface area contributed by atoms with E-state index >= 15 is 0 Å². The summed E-state index contributed by atoms with van der Waals surface area (Å²) < 4.78 is 13.5. The van der Waals surface area contributed by atoms with Gasteiger partial charge in [0.05, 0.1) is 5.01 Å². The van der Waals surface area contributed by atoms with E-state index in [2.05, 4.69) is 10.3 Å². The predicted octanol–water partition coefficient (Wildman–Crippen LogP) is 3.03. The molecule has 0 radical (unpaired) electrons. The van der Waals surface area contributed by atoms with Gasteiger partial charge in [-0.1, -0.05) is 18.2 Å². The van der Waals surface area contributed by atoms with Gasteiger partial charge in [0.2, 0.25) is 0 Å². The maximum Gasteiger partial charge on any atom is 0.126 e. The fraction of sp³-hybridized carbons (Fsp3) is 0.357. The number of benzene rings is 1. The molecule has 0 aliphatic rings. The van der Waals surface area contributed by atoms with Crippen LogP contribution in [0.2, 0.25) is 0 Å². The first-order valence-electron chi connectivity index (χ1n) is 6.11. The van der Waals surface area contributed by atoms with E-state index in [1.54, 1.807) is 17.4 Å². The number of nitrogens with one attached hydrogen (secondary N) is 1. The van der Waals surface area contributed by atoms with E-state index < -0.39 is 0 Å². The molecule has 0 spiro atoms. The third kappa shape index (κ3) is 3.62. The largest absolute Gasteiger partial charge is 0.320 e. The van der Waals surface area contributed by atoms with Crippen LogP contribution in [-0.4, -0.2) is 18.6 Å². The van der Waals surface area contributed by atoms with Crippen molar-refractivity contribution in [2.75, 3.05) is 13.6 Å². The van der Waals surface area contributed by atoms with Gasteiger partial charge in [-0.2, -0.15) is 0 Å². The highest BCUT2D eigenvalue weighted by Crippen LogP contribution is 2.19. The standard InChI is InChI=1S/C14H17FN2S/c1-16-8-4-6-12-10-17-14(18-12)9-11-5-2-3-7-13(11)15/h2-3,5,7,10,16H,4,6,8-9H2,1H3. The zero-order valence-electron chi connectivity index (χ0n) is 10.4. The van der Waals surface area contributed by atoms with Crippen LogP contribution in [0.3, 0.4) is 0 Å². The second kappa shape index (κ2) is 6.61. The average Bonchev–Trinajstić information content (AvgIpc) is 2.80. The molecule has 0 fully saturated rings. The Morgan fingerprint density at radius 1 is 1.33 bits per heavy atom. The van der Waals surface area contributed by atoms with E-state index in [0.717, 1.165) is 24.4 Å². The Morgan fingerprint density at radius 3 is 2.94 bits per heavy atom. The van der Waals surface area contributed by atoms with Gasteiger partial charge < -0.3 is 5.32 Å². The maximum absolute atomic E-state index is 13.5. The molecule has 0 amide bonds. The molecule has 1 N–H and O–H groups in total. The Morgan fingerprint density at radius 2 is 2.17 bits per heavy atom. The van der Waals surface area contributed by atoms with Crippen molar-refractivity contribution in [3.05, 3.63) is 51.7 Å². The number of halogens is 1. The van der Waals surface area contributed by atoms with Crippen molar-refractivity contribution in [1.82, 2.24) is 10.3 Å². The minimum absolute atomic E-state index is 0.149. The highest BCUT2D eigenvalue weighted by Gasteiger charge is 2.06. The summed E-state index contributed by atoms with van der Waals surface area (Å²) in [6.45, 7) is 1.01. The first-order valence-corrected chi connectivity index (χ1v) is 6.93. The number of hydrogen-bond acceptors (Lipinski definition) is 3. The number of nitrogens with zero attached hydrogens (tertiary/aromatic N) is 1. The topological polar surface area (TPSA) is 24.9 Å². The lowest BCUT2D eigenvalue weighted by molar-refractivity contribution is 0.614. The summed E-state index contributed by atoms with van der Waals surface area (Å²) >= 11 is 1.68. The molecule has 0 bridgehead atoms. The van der Waals surface area contributed by atoms with Crippen molar-refractivity contribution in [3.63, 3.8) is 0 Å². The van der Waals surface area contributed by atoms with E-state index in [1.807, 2.05) is 25.4 Å². The predicted molar refractivity (Wildman–Crippen MR) is 73.6 cm³/mol. The van der Waals surface area contributed by atoms with Crippen LogP contribution >= 0.6 is 11.3 Å². The highest BCUT2D eigenvalue weighted by molar-refractivity contribution is 7.11. The van der Waals surface area contributed by atoms with Crippen LogP contribution < -0.4 is 5.32 Å². The highest BCUT2D eigenvalue weighted by atomic mass is 32.1. The van der Waals surface area contributed by atoms with Gasteiger partial charge in [0.15, 0.2) is 0 Å². The Labute approximate surface area is 111 Å². The summed E-state index contributed by atoms with van der Waals surface area (Å²) in [4.78, 5) is 5.64. The lowest BCUT2D eigenvalue weighted by atomic mass is 10.1. The second-order valence-corrected chi connectivity index (χ2v) is 5.40. The van der Waals surface area contributed by atoms with Crippen LogP contribution in [-0.2, 0) is 12.8 Å². The lowest BCUT2D eigenvalue weighted by Crippen LogP contribution is -2.07. The van der Waals surface area contributed by atoms with Gasteiger partial charge in [-0.15, -0.1) is 11.3 Å². The van der Waals surface area contributed by atoms with Crippen LogP contribution in [0, 0.1) is 5.82 Å². The van der Waals surface area contributed by atoms with E-state index in [4.69, 9.17) is 0 Å². The molecule has 0 saturated carbocycles. The van der Waals surface area contributed by atoms with Crippen molar-refractivity contribution in [3.8, 4) is 0 Å². The molecule has 0 saturated heterocycles. The molecule has 1 aromatic heterocycles. The molecule has 2 aromatic rings. The zero-order chi connectivity index (χ0) is 12.8. The average molecular weight is 264 g/mol. The van der Waals surface area contributed by atoms with Gasteiger partial charge in [-0.3, -0.25) is 0 Å². The van der Waals surface area contributed by atoms with Gasteiger partial charge in [-0.25, -0.2) is 9.37 Å². The van der Waals surface area contributed by atoms with Crippen molar-refractivity contribution in [2.45, 2.75) is 19.3 Å². The SMILES string of the molecule is CNCCCc1cnc(Cc2ccccc2F)s1. The van der Waals surface area contributed by atoms with Crippen molar-refractivity contribution >= 4 is 11.3 Å². The van der Waals surface area contributed by atoms with E-state index in [9.17, 15) is 4.39 Å². The molecule has 0 unspecified atom stereocenters. The molecule has 0 atom stereocenters. The summed E-state index contributed by atoms with van der Waals surface area (Å²) in [6.07, 6.45) is 4.65. The van der Waals surface area contributed by atoms with Gasteiger partial charge in [-0.05, 0) is 38.1 Å². The van der Waals surface area contributed by atoms with Gasteiger partial charge in [0, 0.05) is 17.5 Å². The maximum atomic E-state index is 13.5. The minimum atomic E-state index is -0.149. The summed E-state index contributed by atoms with van der Waals surface area (Å²) in [6, 6.07) is 6.89.